The van der Waals surface area contributed by atoms with Crippen LogP contribution in [0.25, 0.3) is 10.9 Å². The Hall–Kier alpha value is -1.57. The first-order chi connectivity index (χ1) is 8.85. The van der Waals surface area contributed by atoms with E-state index in [0.717, 1.165) is 12.8 Å². The Kier molecular flexibility index (Phi) is 2.94. The fraction of sp³-hybridized carbons (Fsp3) is 0.438. The lowest BCUT2D eigenvalue weighted by molar-refractivity contribution is 0.672. The number of para-hydroxylation sites is 1. The summed E-state index contributed by atoms with van der Waals surface area (Å²) in [6.07, 6.45) is 5.93. The zero-order valence-electron chi connectivity index (χ0n) is 11.2. The molecule has 0 aliphatic heterocycles. The zero-order valence-corrected chi connectivity index (χ0v) is 11.2. The molecule has 2 aromatic rings. The molecule has 0 saturated carbocycles. The molecule has 0 unspecified atom stereocenters. The van der Waals surface area contributed by atoms with E-state index in [9.17, 15) is 0 Å². The predicted octanol–water partition coefficient (Wildman–Crippen LogP) is 3.72. The van der Waals surface area contributed by atoms with Crippen molar-refractivity contribution < 1.29 is 0 Å². The first-order valence-corrected chi connectivity index (χ1v) is 6.96. The van der Waals surface area contributed by atoms with Crippen molar-refractivity contribution in [3.63, 3.8) is 0 Å². The SMILES string of the molecule is CCc1cccc2c(NC)c3c(nc12)CCCC3. The van der Waals surface area contributed by atoms with Gasteiger partial charge in [-0.3, -0.25) is 4.98 Å². The quantitative estimate of drug-likeness (QED) is 0.865. The fourth-order valence-corrected chi connectivity index (χ4v) is 3.08. The highest BCUT2D eigenvalue weighted by Crippen LogP contribution is 2.34. The Labute approximate surface area is 108 Å². The van der Waals surface area contributed by atoms with Crippen LogP contribution in [0.2, 0.25) is 0 Å². The van der Waals surface area contributed by atoms with Gasteiger partial charge < -0.3 is 5.32 Å². The number of hydrogen-bond donors (Lipinski definition) is 1. The first-order valence-electron chi connectivity index (χ1n) is 6.96. The molecule has 94 valence electrons. The maximum absolute atomic E-state index is 4.96. The Bertz CT molecular complexity index is 587. The Morgan fingerprint density at radius 3 is 2.83 bits per heavy atom. The number of nitrogens with zero attached hydrogens (tertiary/aromatic N) is 1. The second-order valence-corrected chi connectivity index (χ2v) is 5.04. The molecular formula is C16H20N2. The number of anilines is 1. The van der Waals surface area contributed by atoms with Gasteiger partial charge in [0.2, 0.25) is 0 Å². The highest BCUT2D eigenvalue weighted by Gasteiger charge is 2.18. The maximum Gasteiger partial charge on any atom is 0.0758 e. The van der Waals surface area contributed by atoms with Crippen LogP contribution in [0.1, 0.15) is 36.6 Å². The molecule has 1 aromatic heterocycles. The van der Waals surface area contributed by atoms with E-state index >= 15 is 0 Å². The Morgan fingerprint density at radius 2 is 2.06 bits per heavy atom. The molecule has 0 fully saturated rings. The third-order valence-electron chi connectivity index (χ3n) is 4.01. The lowest BCUT2D eigenvalue weighted by Crippen LogP contribution is -2.10. The van der Waals surface area contributed by atoms with Crippen molar-refractivity contribution >= 4 is 16.6 Å². The molecule has 0 saturated heterocycles. The van der Waals surface area contributed by atoms with Gasteiger partial charge in [-0.05, 0) is 43.2 Å². The number of pyridine rings is 1. The van der Waals surface area contributed by atoms with Crippen LogP contribution in [0.4, 0.5) is 5.69 Å². The van der Waals surface area contributed by atoms with E-state index in [-0.39, 0.29) is 0 Å². The third kappa shape index (κ3) is 1.67. The highest BCUT2D eigenvalue weighted by atomic mass is 14.9. The van der Waals surface area contributed by atoms with Crippen LogP contribution in [0.5, 0.6) is 0 Å². The summed E-state index contributed by atoms with van der Waals surface area (Å²) in [4.78, 5) is 4.96. The smallest absolute Gasteiger partial charge is 0.0758 e. The van der Waals surface area contributed by atoms with Gasteiger partial charge in [0.15, 0.2) is 0 Å². The molecule has 1 aromatic carbocycles. The van der Waals surface area contributed by atoms with E-state index < -0.39 is 0 Å². The van der Waals surface area contributed by atoms with E-state index in [1.807, 2.05) is 7.05 Å². The number of hydrogen-bond acceptors (Lipinski definition) is 2. The summed E-state index contributed by atoms with van der Waals surface area (Å²) < 4.78 is 0. The molecule has 3 rings (SSSR count). The molecule has 1 heterocycles. The molecule has 2 nitrogen and oxygen atoms in total. The Balaban J connectivity index is 2.36. The summed E-state index contributed by atoms with van der Waals surface area (Å²) in [7, 11) is 2.03. The van der Waals surface area contributed by atoms with E-state index in [4.69, 9.17) is 4.98 Å². The minimum absolute atomic E-state index is 1.05. The van der Waals surface area contributed by atoms with E-state index in [2.05, 4.69) is 30.4 Å². The fourth-order valence-electron chi connectivity index (χ4n) is 3.08. The zero-order chi connectivity index (χ0) is 12.5. The standard InChI is InChI=1S/C16H20N2/c1-3-11-7-6-9-13-15(11)18-14-10-5-4-8-12(14)16(13)17-2/h6-7,9H,3-5,8,10H2,1-2H3,(H,17,18). The molecule has 1 N–H and O–H groups in total. The second kappa shape index (κ2) is 4.60. The second-order valence-electron chi connectivity index (χ2n) is 5.04. The monoisotopic (exact) mass is 240 g/mol. The summed E-state index contributed by atoms with van der Waals surface area (Å²) in [6.45, 7) is 2.20. The summed E-state index contributed by atoms with van der Waals surface area (Å²) in [5.41, 5.74) is 6.64. The molecule has 0 atom stereocenters. The van der Waals surface area contributed by atoms with E-state index in [0.29, 0.717) is 0 Å². The van der Waals surface area contributed by atoms with Gasteiger partial charge in [-0.2, -0.15) is 0 Å². The average molecular weight is 240 g/mol. The van der Waals surface area contributed by atoms with E-state index in [1.54, 1.807) is 0 Å². The van der Waals surface area contributed by atoms with Crippen LogP contribution < -0.4 is 5.32 Å². The summed E-state index contributed by atoms with van der Waals surface area (Å²) in [5, 5.41) is 4.70. The Morgan fingerprint density at radius 1 is 1.22 bits per heavy atom. The van der Waals surface area contributed by atoms with Crippen LogP contribution >= 0.6 is 0 Å². The molecule has 0 radical (unpaired) electrons. The number of fused-ring (bicyclic) bond motifs is 2. The van der Waals surface area contributed by atoms with Crippen molar-refractivity contribution in [2.45, 2.75) is 39.0 Å². The predicted molar refractivity (Wildman–Crippen MR) is 77.3 cm³/mol. The molecule has 0 bridgehead atoms. The van der Waals surface area contributed by atoms with Gasteiger partial charge in [-0.1, -0.05) is 25.1 Å². The number of nitrogens with one attached hydrogen (secondary N) is 1. The molecule has 2 heteroatoms. The van der Waals surface area contributed by atoms with Crippen molar-refractivity contribution in [1.82, 2.24) is 4.98 Å². The lowest BCUT2D eigenvalue weighted by Gasteiger charge is -2.21. The van der Waals surface area contributed by atoms with E-state index in [1.165, 1.54) is 52.7 Å². The molecule has 1 aliphatic carbocycles. The van der Waals surface area contributed by atoms with Crippen LogP contribution in [0.3, 0.4) is 0 Å². The molecular weight excluding hydrogens is 220 g/mol. The van der Waals surface area contributed by atoms with Crippen molar-refractivity contribution in [1.29, 1.82) is 0 Å². The minimum Gasteiger partial charge on any atom is -0.387 e. The largest absolute Gasteiger partial charge is 0.387 e. The maximum atomic E-state index is 4.96. The number of rotatable bonds is 2. The van der Waals surface area contributed by atoms with Crippen molar-refractivity contribution in [2.24, 2.45) is 0 Å². The average Bonchev–Trinajstić information content (AvgIpc) is 2.44. The van der Waals surface area contributed by atoms with Gasteiger partial charge in [0.05, 0.1) is 5.52 Å². The highest BCUT2D eigenvalue weighted by molar-refractivity contribution is 5.95. The number of aromatic nitrogens is 1. The summed E-state index contributed by atoms with van der Waals surface area (Å²) in [5.74, 6) is 0. The number of benzene rings is 1. The molecule has 1 aliphatic rings. The van der Waals surface area contributed by atoms with Crippen LogP contribution in [-0.4, -0.2) is 12.0 Å². The van der Waals surface area contributed by atoms with Gasteiger partial charge in [-0.25, -0.2) is 0 Å². The minimum atomic E-state index is 1.05. The number of aryl methyl sites for hydroxylation is 2. The van der Waals surface area contributed by atoms with Crippen molar-refractivity contribution in [3.05, 3.63) is 35.0 Å². The van der Waals surface area contributed by atoms with Crippen LogP contribution in [0.15, 0.2) is 18.2 Å². The van der Waals surface area contributed by atoms with Gasteiger partial charge in [0.25, 0.3) is 0 Å². The summed E-state index contributed by atoms with van der Waals surface area (Å²) in [6, 6.07) is 6.55. The van der Waals surface area contributed by atoms with Gasteiger partial charge in [-0.15, -0.1) is 0 Å². The topological polar surface area (TPSA) is 24.9 Å². The van der Waals surface area contributed by atoms with Crippen molar-refractivity contribution in [2.75, 3.05) is 12.4 Å². The van der Waals surface area contributed by atoms with Crippen LogP contribution in [0, 0.1) is 0 Å². The van der Waals surface area contributed by atoms with Gasteiger partial charge in [0, 0.05) is 23.8 Å². The van der Waals surface area contributed by atoms with Gasteiger partial charge in [0.1, 0.15) is 0 Å². The molecule has 0 spiro atoms. The molecule has 0 amide bonds. The summed E-state index contributed by atoms with van der Waals surface area (Å²) >= 11 is 0. The molecule has 18 heavy (non-hydrogen) atoms. The first kappa shape index (κ1) is 11.5. The van der Waals surface area contributed by atoms with Crippen LogP contribution in [-0.2, 0) is 19.3 Å². The lowest BCUT2D eigenvalue weighted by atomic mass is 9.92. The van der Waals surface area contributed by atoms with Gasteiger partial charge >= 0.3 is 0 Å². The van der Waals surface area contributed by atoms with Crippen molar-refractivity contribution in [3.8, 4) is 0 Å². The third-order valence-corrected chi connectivity index (χ3v) is 4.01. The normalized spacial score (nSPS) is 14.6.